The fourth-order valence-electron chi connectivity index (χ4n) is 2.69. The molecule has 0 bridgehead atoms. The van der Waals surface area contributed by atoms with E-state index in [-0.39, 0.29) is 17.9 Å². The van der Waals surface area contributed by atoms with Gasteiger partial charge in [0.15, 0.2) is 5.76 Å². The van der Waals surface area contributed by atoms with Crippen LogP contribution >= 0.6 is 0 Å². The minimum absolute atomic E-state index is 0.0414. The zero-order chi connectivity index (χ0) is 15.4. The van der Waals surface area contributed by atoms with Crippen molar-refractivity contribution >= 4 is 5.91 Å². The number of hydrogen-bond donors (Lipinski definition) is 2. The molecule has 0 radical (unpaired) electrons. The molecule has 2 heterocycles. The van der Waals surface area contributed by atoms with Gasteiger partial charge in [0.05, 0.1) is 12.1 Å². The number of piperidine rings is 1. The number of carbonyl (C=O) groups excluding carboxylic acids is 1. The molecule has 22 heavy (non-hydrogen) atoms. The van der Waals surface area contributed by atoms with Crippen molar-refractivity contribution < 1.29 is 9.21 Å². The van der Waals surface area contributed by atoms with Crippen molar-refractivity contribution in [1.29, 1.82) is 0 Å². The molecule has 5 heteroatoms. The molecule has 2 N–H and O–H groups in total. The highest BCUT2D eigenvalue weighted by atomic mass is 16.4. The van der Waals surface area contributed by atoms with Crippen LogP contribution in [0.15, 0.2) is 40.9 Å². The van der Waals surface area contributed by atoms with Crippen LogP contribution in [0.3, 0.4) is 0 Å². The number of hydrogen-bond acceptors (Lipinski definition) is 4. The third kappa shape index (κ3) is 3.36. The summed E-state index contributed by atoms with van der Waals surface area (Å²) in [5.41, 5.74) is 0.983. The quantitative estimate of drug-likeness (QED) is 0.910. The van der Waals surface area contributed by atoms with Gasteiger partial charge in [-0.05, 0) is 26.3 Å². The fraction of sp³-hybridized carbons (Fsp3) is 0.412. The average molecular weight is 299 g/mol. The Morgan fingerprint density at radius 3 is 2.95 bits per heavy atom. The third-order valence-corrected chi connectivity index (χ3v) is 3.98. The van der Waals surface area contributed by atoms with Crippen molar-refractivity contribution in [2.24, 2.45) is 5.92 Å². The van der Waals surface area contributed by atoms with E-state index < -0.39 is 0 Å². The Bertz CT molecular complexity index is 618. The van der Waals surface area contributed by atoms with E-state index >= 15 is 0 Å². The van der Waals surface area contributed by atoms with Crippen LogP contribution in [0.25, 0.3) is 11.3 Å². The van der Waals surface area contributed by atoms with Crippen LogP contribution in [-0.2, 0) is 4.79 Å². The van der Waals surface area contributed by atoms with E-state index in [1.165, 1.54) is 0 Å². The first-order valence-electron chi connectivity index (χ1n) is 7.76. The molecule has 2 aromatic rings. The first-order chi connectivity index (χ1) is 10.7. The van der Waals surface area contributed by atoms with Gasteiger partial charge in [-0.1, -0.05) is 30.3 Å². The Balaban J connectivity index is 1.64. The van der Waals surface area contributed by atoms with Gasteiger partial charge in [0, 0.05) is 12.1 Å². The number of nitrogens with one attached hydrogen (secondary N) is 2. The number of benzene rings is 1. The lowest BCUT2D eigenvalue weighted by molar-refractivity contribution is -0.126. The molecule has 3 rings (SSSR count). The Labute approximate surface area is 130 Å². The van der Waals surface area contributed by atoms with Gasteiger partial charge in [-0.2, -0.15) is 0 Å². The molecule has 0 saturated carbocycles. The molecule has 1 aliphatic heterocycles. The Kier molecular flexibility index (Phi) is 4.53. The molecule has 1 aliphatic rings. The summed E-state index contributed by atoms with van der Waals surface area (Å²) in [7, 11) is 0. The van der Waals surface area contributed by atoms with Gasteiger partial charge < -0.3 is 15.1 Å². The monoisotopic (exact) mass is 299 g/mol. The molecule has 1 fully saturated rings. The molecule has 1 saturated heterocycles. The number of carbonyl (C=O) groups is 1. The third-order valence-electron chi connectivity index (χ3n) is 3.98. The minimum Gasteiger partial charge on any atom is -0.438 e. The summed E-state index contributed by atoms with van der Waals surface area (Å²) >= 11 is 0. The fourth-order valence-corrected chi connectivity index (χ4v) is 2.69. The van der Waals surface area contributed by atoms with Crippen molar-refractivity contribution in [3.05, 3.63) is 42.4 Å². The van der Waals surface area contributed by atoms with Gasteiger partial charge in [0.1, 0.15) is 6.04 Å². The Morgan fingerprint density at radius 1 is 1.41 bits per heavy atom. The summed E-state index contributed by atoms with van der Waals surface area (Å²) in [6, 6.07) is 9.59. The number of oxazole rings is 1. The Morgan fingerprint density at radius 2 is 2.23 bits per heavy atom. The normalized spacial score (nSPS) is 19.6. The lowest BCUT2D eigenvalue weighted by Crippen LogP contribution is -2.41. The van der Waals surface area contributed by atoms with Crippen molar-refractivity contribution in [1.82, 2.24) is 15.6 Å². The summed E-state index contributed by atoms with van der Waals surface area (Å²) in [5, 5.41) is 6.25. The highest BCUT2D eigenvalue weighted by Crippen LogP contribution is 2.23. The summed E-state index contributed by atoms with van der Waals surface area (Å²) in [6.07, 6.45) is 3.69. The number of nitrogens with zero attached hydrogens (tertiary/aromatic N) is 1. The second-order valence-electron chi connectivity index (χ2n) is 5.70. The second kappa shape index (κ2) is 6.75. The van der Waals surface area contributed by atoms with E-state index in [0.717, 1.165) is 37.3 Å². The summed E-state index contributed by atoms with van der Waals surface area (Å²) in [6.45, 7) is 3.65. The van der Waals surface area contributed by atoms with Gasteiger partial charge in [-0.25, -0.2) is 4.98 Å². The SMILES string of the molecule is CC(NC(=O)C1CCCNC1)c1ncc(-c2ccccc2)o1. The van der Waals surface area contributed by atoms with Crippen LogP contribution in [0.4, 0.5) is 0 Å². The summed E-state index contributed by atoms with van der Waals surface area (Å²) < 4.78 is 5.78. The molecule has 1 amide bonds. The molecular formula is C17H21N3O2. The number of rotatable bonds is 4. The smallest absolute Gasteiger partial charge is 0.225 e. The Hall–Kier alpha value is -2.14. The summed E-state index contributed by atoms with van der Waals surface area (Å²) in [5.74, 6) is 1.37. The van der Waals surface area contributed by atoms with E-state index in [1.54, 1.807) is 6.20 Å². The van der Waals surface area contributed by atoms with Crippen LogP contribution in [0, 0.1) is 5.92 Å². The molecule has 2 unspecified atom stereocenters. The van der Waals surface area contributed by atoms with E-state index in [0.29, 0.717) is 5.89 Å². The largest absolute Gasteiger partial charge is 0.438 e. The van der Waals surface area contributed by atoms with Crippen LogP contribution in [-0.4, -0.2) is 24.0 Å². The van der Waals surface area contributed by atoms with Crippen molar-refractivity contribution in [2.45, 2.75) is 25.8 Å². The molecule has 116 valence electrons. The van der Waals surface area contributed by atoms with Crippen molar-refractivity contribution in [3.63, 3.8) is 0 Å². The van der Waals surface area contributed by atoms with Gasteiger partial charge in [0.25, 0.3) is 0 Å². The van der Waals surface area contributed by atoms with E-state index in [2.05, 4.69) is 15.6 Å². The molecule has 1 aromatic carbocycles. The summed E-state index contributed by atoms with van der Waals surface area (Å²) in [4.78, 5) is 16.5. The lowest BCUT2D eigenvalue weighted by atomic mass is 9.98. The predicted octanol–water partition coefficient (Wildman–Crippen LogP) is 2.52. The average Bonchev–Trinajstić information content (AvgIpc) is 3.06. The molecule has 2 atom stereocenters. The van der Waals surface area contributed by atoms with Crippen LogP contribution < -0.4 is 10.6 Å². The molecule has 1 aromatic heterocycles. The van der Waals surface area contributed by atoms with Gasteiger partial charge >= 0.3 is 0 Å². The molecule has 0 spiro atoms. The lowest BCUT2D eigenvalue weighted by Gasteiger charge is -2.23. The molecular weight excluding hydrogens is 278 g/mol. The van der Waals surface area contributed by atoms with Gasteiger partial charge in [-0.3, -0.25) is 4.79 Å². The zero-order valence-corrected chi connectivity index (χ0v) is 12.7. The maximum absolute atomic E-state index is 12.2. The number of amides is 1. The molecule has 5 nitrogen and oxygen atoms in total. The maximum atomic E-state index is 12.2. The minimum atomic E-state index is -0.230. The van der Waals surface area contributed by atoms with Crippen LogP contribution in [0.2, 0.25) is 0 Å². The second-order valence-corrected chi connectivity index (χ2v) is 5.70. The van der Waals surface area contributed by atoms with E-state index in [4.69, 9.17) is 4.42 Å². The van der Waals surface area contributed by atoms with Gasteiger partial charge in [0.2, 0.25) is 11.8 Å². The first kappa shape index (κ1) is 14.8. The van der Waals surface area contributed by atoms with Crippen LogP contribution in [0.5, 0.6) is 0 Å². The number of aromatic nitrogens is 1. The van der Waals surface area contributed by atoms with Crippen LogP contribution in [0.1, 0.15) is 31.7 Å². The predicted molar refractivity (Wildman–Crippen MR) is 84.1 cm³/mol. The molecule has 0 aliphatic carbocycles. The maximum Gasteiger partial charge on any atom is 0.225 e. The zero-order valence-electron chi connectivity index (χ0n) is 12.7. The topological polar surface area (TPSA) is 67.2 Å². The van der Waals surface area contributed by atoms with E-state index in [1.807, 2.05) is 37.3 Å². The highest BCUT2D eigenvalue weighted by Gasteiger charge is 2.24. The highest BCUT2D eigenvalue weighted by molar-refractivity contribution is 5.79. The standard InChI is InChI=1S/C17H21N3O2/c1-12(20-16(21)14-8-5-9-18-10-14)17-19-11-15(22-17)13-6-3-2-4-7-13/h2-4,6-7,11-12,14,18H,5,8-10H2,1H3,(H,20,21). The van der Waals surface area contributed by atoms with Crippen molar-refractivity contribution in [2.75, 3.05) is 13.1 Å². The van der Waals surface area contributed by atoms with Crippen molar-refractivity contribution in [3.8, 4) is 11.3 Å². The van der Waals surface area contributed by atoms with Gasteiger partial charge in [-0.15, -0.1) is 0 Å². The first-order valence-corrected chi connectivity index (χ1v) is 7.76. The van der Waals surface area contributed by atoms with E-state index in [9.17, 15) is 4.79 Å².